The first-order valence-electron chi connectivity index (χ1n) is 9.40. The van der Waals surface area contributed by atoms with Crippen LogP contribution in [0.15, 0.2) is 48.0 Å². The van der Waals surface area contributed by atoms with E-state index in [0.29, 0.717) is 10.8 Å². The molecule has 0 aliphatic carbocycles. The zero-order chi connectivity index (χ0) is 19.7. The molecule has 1 aliphatic heterocycles. The number of amides is 1. The first-order valence-corrected chi connectivity index (χ1v) is 10.7. The molecule has 1 aliphatic rings. The summed E-state index contributed by atoms with van der Waals surface area (Å²) in [7, 11) is 2.12. The van der Waals surface area contributed by atoms with Crippen molar-refractivity contribution < 1.29 is 4.79 Å². The molecule has 0 spiro atoms. The molecule has 146 valence electrons. The summed E-state index contributed by atoms with van der Waals surface area (Å²) in [6, 6.07) is 11.7. The minimum atomic E-state index is 0.0251. The number of anilines is 1. The van der Waals surface area contributed by atoms with Crippen molar-refractivity contribution in [3.63, 3.8) is 0 Å². The highest BCUT2D eigenvalue weighted by molar-refractivity contribution is 7.12. The average Bonchev–Trinajstić information content (AvgIpc) is 3.35. The fraction of sp³-hybridized carbons (Fsp3) is 0.333. The third-order valence-corrected chi connectivity index (χ3v) is 6.19. The number of aromatic nitrogens is 2. The molecule has 0 atom stereocenters. The van der Waals surface area contributed by atoms with E-state index in [1.165, 1.54) is 11.3 Å². The Labute approximate surface area is 174 Å². The third kappa shape index (κ3) is 3.99. The Balaban J connectivity index is 1.68. The Bertz CT molecular complexity index is 940. The Hall–Kier alpha value is -2.15. The lowest BCUT2D eigenvalue weighted by molar-refractivity contribution is 0.0966. The van der Waals surface area contributed by atoms with Crippen molar-refractivity contribution in [2.24, 2.45) is 0 Å². The number of carbonyl (C=O) groups is 1. The molecule has 0 N–H and O–H groups in total. The predicted molar refractivity (Wildman–Crippen MR) is 115 cm³/mol. The number of thiophene rings is 1. The van der Waals surface area contributed by atoms with E-state index in [9.17, 15) is 4.79 Å². The maximum absolute atomic E-state index is 13.3. The molecule has 0 bridgehead atoms. The van der Waals surface area contributed by atoms with Gasteiger partial charge in [0.05, 0.1) is 10.6 Å². The van der Waals surface area contributed by atoms with Gasteiger partial charge in [-0.1, -0.05) is 17.7 Å². The largest absolute Gasteiger partial charge is 0.306 e. The SMILES string of the molecule is Cc1cc(Cl)cc(-n2ccc(N(C(=O)c3cccs3)C3CCN(C)CC3)n2)c1. The molecule has 1 amide bonds. The van der Waals surface area contributed by atoms with E-state index < -0.39 is 0 Å². The van der Waals surface area contributed by atoms with Gasteiger partial charge in [0.2, 0.25) is 0 Å². The quantitative estimate of drug-likeness (QED) is 0.624. The zero-order valence-corrected chi connectivity index (χ0v) is 17.6. The summed E-state index contributed by atoms with van der Waals surface area (Å²) in [5.74, 6) is 0.711. The number of carbonyl (C=O) groups excluding carboxylic acids is 1. The monoisotopic (exact) mass is 414 g/mol. The number of nitrogens with zero attached hydrogens (tertiary/aromatic N) is 4. The second-order valence-corrected chi connectivity index (χ2v) is 8.68. The fourth-order valence-electron chi connectivity index (χ4n) is 3.66. The van der Waals surface area contributed by atoms with Crippen LogP contribution in [-0.4, -0.2) is 46.8 Å². The number of hydrogen-bond acceptors (Lipinski definition) is 4. The first kappa shape index (κ1) is 19.2. The van der Waals surface area contributed by atoms with E-state index in [1.807, 2.05) is 59.8 Å². The van der Waals surface area contributed by atoms with E-state index in [1.54, 1.807) is 4.68 Å². The molecule has 1 fully saturated rings. The summed E-state index contributed by atoms with van der Waals surface area (Å²) >= 11 is 7.69. The highest BCUT2D eigenvalue weighted by Crippen LogP contribution is 2.27. The standard InChI is InChI=1S/C21H23ClN4OS/c1-15-12-16(22)14-18(13-15)25-10-7-20(23-25)26(17-5-8-24(2)9-6-17)21(27)19-4-3-11-28-19/h3-4,7,10-14,17H,5-6,8-9H2,1-2H3. The van der Waals surface area contributed by atoms with Gasteiger partial charge in [-0.15, -0.1) is 16.4 Å². The first-order chi connectivity index (χ1) is 13.5. The van der Waals surface area contributed by atoms with Crippen LogP contribution in [-0.2, 0) is 0 Å². The van der Waals surface area contributed by atoms with E-state index >= 15 is 0 Å². The topological polar surface area (TPSA) is 41.4 Å². The maximum atomic E-state index is 13.3. The highest BCUT2D eigenvalue weighted by Gasteiger charge is 2.31. The van der Waals surface area contributed by atoms with E-state index in [-0.39, 0.29) is 11.9 Å². The van der Waals surface area contributed by atoms with Crippen molar-refractivity contribution in [2.45, 2.75) is 25.8 Å². The van der Waals surface area contributed by atoms with Gasteiger partial charge >= 0.3 is 0 Å². The van der Waals surface area contributed by atoms with Crippen molar-refractivity contribution in [3.05, 3.63) is 63.4 Å². The summed E-state index contributed by atoms with van der Waals surface area (Å²) < 4.78 is 1.79. The van der Waals surface area contributed by atoms with Crippen molar-refractivity contribution in [1.82, 2.24) is 14.7 Å². The Morgan fingerprint density at radius 2 is 2.04 bits per heavy atom. The van der Waals surface area contributed by atoms with E-state index in [0.717, 1.165) is 42.1 Å². The number of aryl methyl sites for hydroxylation is 1. The average molecular weight is 415 g/mol. The molecule has 3 heterocycles. The molecule has 5 nitrogen and oxygen atoms in total. The van der Waals surface area contributed by atoms with Gasteiger partial charge in [-0.05, 0) is 75.1 Å². The van der Waals surface area contributed by atoms with Crippen LogP contribution < -0.4 is 4.90 Å². The summed E-state index contributed by atoms with van der Waals surface area (Å²) in [5.41, 5.74) is 1.96. The molecule has 4 rings (SSSR count). The molecule has 1 saturated heterocycles. The highest BCUT2D eigenvalue weighted by atomic mass is 35.5. The van der Waals surface area contributed by atoms with Crippen LogP contribution in [0.25, 0.3) is 5.69 Å². The second kappa shape index (κ2) is 8.07. The number of rotatable bonds is 4. The number of benzene rings is 1. The van der Waals surface area contributed by atoms with Crippen molar-refractivity contribution in [1.29, 1.82) is 0 Å². The molecule has 7 heteroatoms. The maximum Gasteiger partial charge on any atom is 0.269 e. The number of likely N-dealkylation sites (tertiary alicyclic amines) is 1. The van der Waals surface area contributed by atoms with Crippen LogP contribution in [0, 0.1) is 6.92 Å². The predicted octanol–water partition coefficient (Wildman–Crippen LogP) is 4.64. The van der Waals surface area contributed by atoms with Gasteiger partial charge < -0.3 is 4.90 Å². The third-order valence-electron chi connectivity index (χ3n) is 5.12. The van der Waals surface area contributed by atoms with Crippen LogP contribution in [0.2, 0.25) is 5.02 Å². The van der Waals surface area contributed by atoms with E-state index in [4.69, 9.17) is 16.7 Å². The molecule has 28 heavy (non-hydrogen) atoms. The summed E-state index contributed by atoms with van der Waals surface area (Å²) in [4.78, 5) is 18.2. The van der Waals surface area contributed by atoms with Crippen molar-refractivity contribution >= 4 is 34.7 Å². The van der Waals surface area contributed by atoms with Gasteiger partial charge in [0.25, 0.3) is 5.91 Å². The number of halogens is 1. The van der Waals surface area contributed by atoms with Crippen LogP contribution in [0.1, 0.15) is 28.1 Å². The molecule has 0 saturated carbocycles. The molecular formula is C21H23ClN4OS. The lowest BCUT2D eigenvalue weighted by Crippen LogP contribution is -2.47. The van der Waals surface area contributed by atoms with Crippen molar-refractivity contribution in [2.75, 3.05) is 25.0 Å². The summed E-state index contributed by atoms with van der Waals surface area (Å²) in [5, 5.41) is 7.36. The minimum Gasteiger partial charge on any atom is -0.306 e. The lowest BCUT2D eigenvalue weighted by Gasteiger charge is -2.36. The second-order valence-electron chi connectivity index (χ2n) is 7.29. The number of piperidine rings is 1. The molecular weight excluding hydrogens is 392 g/mol. The Morgan fingerprint density at radius 1 is 1.25 bits per heavy atom. The van der Waals surface area contributed by atoms with Gasteiger partial charge in [-0.25, -0.2) is 4.68 Å². The Kier molecular flexibility index (Phi) is 5.53. The smallest absolute Gasteiger partial charge is 0.269 e. The van der Waals surface area contributed by atoms with Crippen LogP contribution in [0.4, 0.5) is 5.82 Å². The molecule has 1 aromatic carbocycles. The van der Waals surface area contributed by atoms with Gasteiger partial charge in [0, 0.05) is 23.3 Å². The summed E-state index contributed by atoms with van der Waals surface area (Å²) in [6.07, 6.45) is 3.78. The van der Waals surface area contributed by atoms with Gasteiger partial charge in [-0.3, -0.25) is 9.69 Å². The fourth-order valence-corrected chi connectivity index (χ4v) is 4.61. The van der Waals surface area contributed by atoms with Crippen LogP contribution in [0.3, 0.4) is 0 Å². The van der Waals surface area contributed by atoms with Gasteiger partial charge in [-0.2, -0.15) is 0 Å². The molecule has 2 aromatic heterocycles. The summed E-state index contributed by atoms with van der Waals surface area (Å²) in [6.45, 7) is 3.96. The lowest BCUT2D eigenvalue weighted by atomic mass is 10.0. The minimum absolute atomic E-state index is 0.0251. The van der Waals surface area contributed by atoms with Crippen molar-refractivity contribution in [3.8, 4) is 5.69 Å². The van der Waals surface area contributed by atoms with Crippen LogP contribution in [0.5, 0.6) is 0 Å². The Morgan fingerprint density at radius 3 is 2.71 bits per heavy atom. The molecule has 3 aromatic rings. The zero-order valence-electron chi connectivity index (χ0n) is 16.0. The normalized spacial score (nSPS) is 15.7. The molecule has 0 unspecified atom stereocenters. The number of hydrogen-bond donors (Lipinski definition) is 0. The van der Waals surface area contributed by atoms with Gasteiger partial charge in [0.15, 0.2) is 5.82 Å². The van der Waals surface area contributed by atoms with Crippen LogP contribution >= 0.6 is 22.9 Å². The van der Waals surface area contributed by atoms with Gasteiger partial charge in [0.1, 0.15) is 0 Å². The molecule has 0 radical (unpaired) electrons. The van der Waals surface area contributed by atoms with E-state index in [2.05, 4.69) is 11.9 Å².